The summed E-state index contributed by atoms with van der Waals surface area (Å²) in [5, 5.41) is 1.19. The Balaban J connectivity index is 1.91. The fourth-order valence-electron chi connectivity index (χ4n) is 2.47. The summed E-state index contributed by atoms with van der Waals surface area (Å²) < 4.78 is 0. The quantitative estimate of drug-likeness (QED) is 0.577. The molecular formula is C17H11ClN4S. The Morgan fingerprint density at radius 2 is 1.74 bits per heavy atom. The van der Waals surface area contributed by atoms with E-state index in [1.807, 2.05) is 42.5 Å². The lowest BCUT2D eigenvalue weighted by molar-refractivity contribution is 1.29. The summed E-state index contributed by atoms with van der Waals surface area (Å²) in [6.45, 7) is 0. The number of aromatic nitrogens is 3. The van der Waals surface area contributed by atoms with Crippen LogP contribution in [0.1, 0.15) is 0 Å². The summed E-state index contributed by atoms with van der Waals surface area (Å²) in [5.74, 6) is 0. The van der Waals surface area contributed by atoms with Gasteiger partial charge in [-0.05, 0) is 29.8 Å². The summed E-state index contributed by atoms with van der Waals surface area (Å²) in [4.78, 5) is 14.1. The Morgan fingerprint density at radius 1 is 0.913 bits per heavy atom. The minimum atomic E-state index is 0.522. The predicted molar refractivity (Wildman–Crippen MR) is 95.5 cm³/mol. The van der Waals surface area contributed by atoms with Gasteiger partial charge in [0, 0.05) is 23.0 Å². The number of halogens is 1. The second-order valence-electron chi connectivity index (χ2n) is 5.00. The smallest absolute Gasteiger partial charge is 0.181 e. The Hall–Kier alpha value is -2.50. The summed E-state index contributed by atoms with van der Waals surface area (Å²) in [6.07, 6.45) is 3.37. The van der Waals surface area contributed by atoms with Crippen LogP contribution >= 0.6 is 22.9 Å². The minimum Gasteiger partial charge on any atom is -0.375 e. The Bertz CT molecular complexity index is 1010. The van der Waals surface area contributed by atoms with E-state index in [4.69, 9.17) is 17.3 Å². The molecule has 0 saturated carbocycles. The lowest BCUT2D eigenvalue weighted by Gasteiger charge is -2.04. The van der Waals surface area contributed by atoms with Crippen LogP contribution in [0.15, 0.2) is 54.9 Å². The first-order valence-corrected chi connectivity index (χ1v) is 8.13. The third kappa shape index (κ3) is 2.65. The molecule has 4 rings (SSSR count). The lowest BCUT2D eigenvalue weighted by atomic mass is 10.1. The minimum absolute atomic E-state index is 0.522. The molecule has 0 aliphatic rings. The van der Waals surface area contributed by atoms with Crippen molar-refractivity contribution in [2.24, 2.45) is 0 Å². The van der Waals surface area contributed by atoms with Crippen LogP contribution in [0.4, 0.5) is 5.13 Å². The van der Waals surface area contributed by atoms with Crippen LogP contribution in [-0.2, 0) is 0 Å². The zero-order valence-corrected chi connectivity index (χ0v) is 13.5. The van der Waals surface area contributed by atoms with E-state index in [1.165, 1.54) is 11.3 Å². The monoisotopic (exact) mass is 338 g/mol. The SMILES string of the molecule is Nc1nc(-c2cccc(Cl)c2)c(-c2ccc3nccnc3c2)s1. The third-order valence-electron chi connectivity index (χ3n) is 3.47. The molecule has 0 radical (unpaired) electrons. The molecule has 23 heavy (non-hydrogen) atoms. The van der Waals surface area contributed by atoms with Gasteiger partial charge in [-0.2, -0.15) is 0 Å². The normalized spacial score (nSPS) is 11.0. The van der Waals surface area contributed by atoms with Gasteiger partial charge in [0.25, 0.3) is 0 Å². The van der Waals surface area contributed by atoms with Crippen molar-refractivity contribution in [3.05, 3.63) is 59.9 Å². The molecule has 0 bridgehead atoms. The van der Waals surface area contributed by atoms with E-state index >= 15 is 0 Å². The predicted octanol–water partition coefficient (Wildman–Crippen LogP) is 4.66. The number of hydrogen-bond acceptors (Lipinski definition) is 5. The average Bonchev–Trinajstić information content (AvgIpc) is 2.96. The van der Waals surface area contributed by atoms with Crippen LogP contribution in [0, 0.1) is 0 Å². The van der Waals surface area contributed by atoms with E-state index in [-0.39, 0.29) is 0 Å². The van der Waals surface area contributed by atoms with Gasteiger partial charge >= 0.3 is 0 Å². The van der Waals surface area contributed by atoms with Crippen molar-refractivity contribution in [3.8, 4) is 21.7 Å². The van der Waals surface area contributed by atoms with Gasteiger partial charge in [-0.3, -0.25) is 9.97 Å². The van der Waals surface area contributed by atoms with Crippen LogP contribution in [0.3, 0.4) is 0 Å². The number of rotatable bonds is 2. The number of thiazole rings is 1. The average molecular weight is 339 g/mol. The van der Waals surface area contributed by atoms with E-state index in [0.717, 1.165) is 32.7 Å². The van der Waals surface area contributed by atoms with Crippen molar-refractivity contribution in [1.29, 1.82) is 0 Å². The van der Waals surface area contributed by atoms with Crippen molar-refractivity contribution in [2.75, 3.05) is 5.73 Å². The van der Waals surface area contributed by atoms with Crippen molar-refractivity contribution in [2.45, 2.75) is 0 Å². The molecule has 0 spiro atoms. The summed E-state index contributed by atoms with van der Waals surface area (Å²) in [5.41, 5.74) is 10.4. The van der Waals surface area contributed by atoms with Crippen LogP contribution in [0.2, 0.25) is 5.02 Å². The molecule has 2 heterocycles. The molecule has 2 N–H and O–H groups in total. The second kappa shape index (κ2) is 5.61. The molecule has 0 saturated heterocycles. The Morgan fingerprint density at radius 3 is 2.57 bits per heavy atom. The number of anilines is 1. The summed E-state index contributed by atoms with van der Waals surface area (Å²) in [6, 6.07) is 13.6. The molecule has 0 unspecified atom stereocenters. The molecule has 0 aliphatic heterocycles. The van der Waals surface area contributed by atoms with Crippen LogP contribution in [0.5, 0.6) is 0 Å². The van der Waals surface area contributed by atoms with Crippen molar-refractivity contribution < 1.29 is 0 Å². The van der Waals surface area contributed by atoms with Gasteiger partial charge in [0.2, 0.25) is 0 Å². The third-order valence-corrected chi connectivity index (χ3v) is 4.64. The first kappa shape index (κ1) is 14.1. The highest BCUT2D eigenvalue weighted by Gasteiger charge is 2.14. The van der Waals surface area contributed by atoms with Gasteiger partial charge in [0.15, 0.2) is 5.13 Å². The molecule has 4 aromatic rings. The van der Waals surface area contributed by atoms with Gasteiger partial charge in [0.05, 0.1) is 21.6 Å². The highest BCUT2D eigenvalue weighted by Crippen LogP contribution is 2.39. The zero-order valence-electron chi connectivity index (χ0n) is 11.9. The van der Waals surface area contributed by atoms with E-state index in [1.54, 1.807) is 12.4 Å². The van der Waals surface area contributed by atoms with Crippen molar-refractivity contribution >= 4 is 39.1 Å². The van der Waals surface area contributed by atoms with E-state index < -0.39 is 0 Å². The highest BCUT2D eigenvalue weighted by molar-refractivity contribution is 7.19. The maximum atomic E-state index is 6.10. The number of fused-ring (bicyclic) bond motifs is 1. The molecule has 2 aromatic heterocycles. The maximum absolute atomic E-state index is 6.10. The molecular weight excluding hydrogens is 328 g/mol. The van der Waals surface area contributed by atoms with Crippen LogP contribution < -0.4 is 5.73 Å². The van der Waals surface area contributed by atoms with Gasteiger partial charge in [0.1, 0.15) is 0 Å². The van der Waals surface area contributed by atoms with Crippen molar-refractivity contribution in [3.63, 3.8) is 0 Å². The lowest BCUT2D eigenvalue weighted by Crippen LogP contribution is -1.86. The molecule has 6 heteroatoms. The Kier molecular flexibility index (Phi) is 3.44. The fourth-order valence-corrected chi connectivity index (χ4v) is 3.51. The topological polar surface area (TPSA) is 64.7 Å². The first-order chi connectivity index (χ1) is 11.2. The molecule has 0 fully saturated rings. The van der Waals surface area contributed by atoms with Gasteiger partial charge < -0.3 is 5.73 Å². The number of nitrogen functional groups attached to an aromatic ring is 1. The van der Waals surface area contributed by atoms with E-state index in [2.05, 4.69) is 15.0 Å². The Labute approximate surface area is 141 Å². The molecule has 4 nitrogen and oxygen atoms in total. The van der Waals surface area contributed by atoms with E-state index in [9.17, 15) is 0 Å². The van der Waals surface area contributed by atoms with Crippen LogP contribution in [-0.4, -0.2) is 15.0 Å². The molecule has 0 atom stereocenters. The maximum Gasteiger partial charge on any atom is 0.181 e. The van der Waals surface area contributed by atoms with Gasteiger partial charge in [-0.1, -0.05) is 41.1 Å². The summed E-state index contributed by atoms with van der Waals surface area (Å²) >= 11 is 7.56. The van der Waals surface area contributed by atoms with Crippen LogP contribution in [0.25, 0.3) is 32.7 Å². The number of hydrogen-bond donors (Lipinski definition) is 1. The number of benzene rings is 2. The largest absolute Gasteiger partial charge is 0.375 e. The molecule has 0 amide bonds. The first-order valence-electron chi connectivity index (χ1n) is 6.94. The van der Waals surface area contributed by atoms with Gasteiger partial charge in [-0.15, -0.1) is 0 Å². The number of nitrogens with zero attached hydrogens (tertiary/aromatic N) is 3. The highest BCUT2D eigenvalue weighted by atomic mass is 35.5. The molecule has 0 aliphatic carbocycles. The standard InChI is InChI=1S/C17H11ClN4S/c18-12-3-1-2-10(8-12)15-16(23-17(19)22-15)11-4-5-13-14(9-11)21-7-6-20-13/h1-9H,(H2,19,22). The zero-order chi connectivity index (χ0) is 15.8. The molecule has 112 valence electrons. The second-order valence-corrected chi connectivity index (χ2v) is 6.47. The summed E-state index contributed by atoms with van der Waals surface area (Å²) in [7, 11) is 0. The van der Waals surface area contributed by atoms with Crippen molar-refractivity contribution in [1.82, 2.24) is 15.0 Å². The van der Waals surface area contributed by atoms with Gasteiger partial charge in [-0.25, -0.2) is 4.98 Å². The fraction of sp³-hybridized carbons (Fsp3) is 0. The molecule has 2 aromatic carbocycles. The van der Waals surface area contributed by atoms with E-state index in [0.29, 0.717) is 10.2 Å². The number of nitrogens with two attached hydrogens (primary N) is 1.